The van der Waals surface area contributed by atoms with Gasteiger partial charge in [0.1, 0.15) is 0 Å². The van der Waals surface area contributed by atoms with E-state index in [1.54, 1.807) is 0 Å². The zero-order valence-electron chi connectivity index (χ0n) is 12.1. The van der Waals surface area contributed by atoms with Crippen LogP contribution < -0.4 is 5.32 Å². The Balaban J connectivity index is 1.68. The molecule has 1 aliphatic heterocycles. The lowest BCUT2D eigenvalue weighted by Crippen LogP contribution is -2.32. The minimum atomic E-state index is 0.229. The minimum absolute atomic E-state index is 0.229. The Kier molecular flexibility index (Phi) is 3.90. The smallest absolute Gasteiger partial charge is 0.0949 e. The van der Waals surface area contributed by atoms with Gasteiger partial charge in [0.25, 0.3) is 0 Å². The van der Waals surface area contributed by atoms with Crippen LogP contribution in [-0.4, -0.2) is 19.2 Å². The van der Waals surface area contributed by atoms with Gasteiger partial charge < -0.3 is 10.1 Å². The summed E-state index contributed by atoms with van der Waals surface area (Å²) in [5.41, 5.74) is 2.72. The van der Waals surface area contributed by atoms with Crippen molar-refractivity contribution in [2.75, 3.05) is 13.2 Å². The molecular formula is C17H25NO. The molecule has 2 fully saturated rings. The molecule has 2 aliphatic rings. The van der Waals surface area contributed by atoms with Gasteiger partial charge in [-0.1, -0.05) is 44.5 Å². The zero-order valence-corrected chi connectivity index (χ0v) is 12.1. The van der Waals surface area contributed by atoms with Crippen molar-refractivity contribution >= 4 is 0 Å². The summed E-state index contributed by atoms with van der Waals surface area (Å²) in [5, 5.41) is 3.70. The SMILES string of the molecule is CC(C)c1ccc(C2CNC3CCCC3CO2)cc1. The predicted molar refractivity (Wildman–Crippen MR) is 78.4 cm³/mol. The quantitative estimate of drug-likeness (QED) is 0.875. The van der Waals surface area contributed by atoms with E-state index in [0.29, 0.717) is 12.0 Å². The van der Waals surface area contributed by atoms with Crippen molar-refractivity contribution in [3.8, 4) is 0 Å². The molecule has 1 heterocycles. The lowest BCUT2D eigenvalue weighted by molar-refractivity contribution is 0.0474. The van der Waals surface area contributed by atoms with E-state index in [1.165, 1.54) is 30.4 Å². The van der Waals surface area contributed by atoms with E-state index in [0.717, 1.165) is 19.1 Å². The maximum Gasteiger partial charge on any atom is 0.0949 e. The molecule has 0 amide bonds. The fraction of sp³-hybridized carbons (Fsp3) is 0.647. The molecule has 1 N–H and O–H groups in total. The molecule has 3 unspecified atom stereocenters. The van der Waals surface area contributed by atoms with E-state index in [9.17, 15) is 0 Å². The van der Waals surface area contributed by atoms with Gasteiger partial charge >= 0.3 is 0 Å². The average molecular weight is 259 g/mol. The molecule has 19 heavy (non-hydrogen) atoms. The van der Waals surface area contributed by atoms with E-state index in [4.69, 9.17) is 4.74 Å². The highest BCUT2D eigenvalue weighted by molar-refractivity contribution is 5.26. The zero-order chi connectivity index (χ0) is 13.2. The molecule has 0 bridgehead atoms. The van der Waals surface area contributed by atoms with Crippen molar-refractivity contribution in [2.45, 2.75) is 51.2 Å². The fourth-order valence-corrected chi connectivity index (χ4v) is 3.37. The van der Waals surface area contributed by atoms with Crippen LogP contribution in [0.5, 0.6) is 0 Å². The van der Waals surface area contributed by atoms with Crippen molar-refractivity contribution in [1.29, 1.82) is 0 Å². The van der Waals surface area contributed by atoms with Crippen molar-refractivity contribution in [1.82, 2.24) is 5.32 Å². The summed E-state index contributed by atoms with van der Waals surface area (Å²) < 4.78 is 6.14. The molecule has 0 aromatic heterocycles. The molecule has 1 aromatic carbocycles. The van der Waals surface area contributed by atoms with Crippen LogP contribution >= 0.6 is 0 Å². The third-order valence-corrected chi connectivity index (χ3v) is 4.71. The van der Waals surface area contributed by atoms with Crippen molar-refractivity contribution in [3.05, 3.63) is 35.4 Å². The highest BCUT2D eigenvalue weighted by Gasteiger charge is 2.31. The maximum atomic E-state index is 6.14. The van der Waals surface area contributed by atoms with Crippen LogP contribution in [0, 0.1) is 5.92 Å². The Labute approximate surface area is 116 Å². The van der Waals surface area contributed by atoms with E-state index in [1.807, 2.05) is 0 Å². The second-order valence-electron chi connectivity index (χ2n) is 6.35. The summed E-state index contributed by atoms with van der Waals surface area (Å²) in [7, 11) is 0. The minimum Gasteiger partial charge on any atom is -0.372 e. The van der Waals surface area contributed by atoms with Gasteiger partial charge in [0, 0.05) is 12.6 Å². The Morgan fingerprint density at radius 3 is 2.68 bits per heavy atom. The summed E-state index contributed by atoms with van der Waals surface area (Å²) in [6, 6.07) is 9.66. The molecule has 0 radical (unpaired) electrons. The van der Waals surface area contributed by atoms with Crippen LogP contribution in [-0.2, 0) is 4.74 Å². The van der Waals surface area contributed by atoms with Gasteiger partial charge in [-0.25, -0.2) is 0 Å². The van der Waals surface area contributed by atoms with Crippen LogP contribution in [0.1, 0.15) is 56.3 Å². The summed E-state index contributed by atoms with van der Waals surface area (Å²) in [6.45, 7) is 6.36. The van der Waals surface area contributed by atoms with E-state index in [2.05, 4.69) is 43.4 Å². The van der Waals surface area contributed by atoms with Crippen molar-refractivity contribution in [3.63, 3.8) is 0 Å². The molecule has 1 aromatic rings. The van der Waals surface area contributed by atoms with Gasteiger partial charge in [0.2, 0.25) is 0 Å². The molecule has 1 aliphatic carbocycles. The number of nitrogens with one attached hydrogen (secondary N) is 1. The van der Waals surface area contributed by atoms with Crippen LogP contribution in [0.3, 0.4) is 0 Å². The molecule has 3 atom stereocenters. The molecule has 1 saturated carbocycles. The highest BCUT2D eigenvalue weighted by Crippen LogP contribution is 2.31. The van der Waals surface area contributed by atoms with Gasteiger partial charge in [0.05, 0.1) is 12.7 Å². The van der Waals surface area contributed by atoms with E-state index >= 15 is 0 Å². The van der Waals surface area contributed by atoms with Crippen molar-refractivity contribution < 1.29 is 4.74 Å². The summed E-state index contributed by atoms with van der Waals surface area (Å²) in [5.74, 6) is 1.33. The molecule has 0 spiro atoms. The Morgan fingerprint density at radius 2 is 1.95 bits per heavy atom. The fourth-order valence-electron chi connectivity index (χ4n) is 3.37. The molecule has 2 heteroatoms. The summed E-state index contributed by atoms with van der Waals surface area (Å²) in [4.78, 5) is 0. The first kappa shape index (κ1) is 13.1. The van der Waals surface area contributed by atoms with Gasteiger partial charge in [-0.3, -0.25) is 0 Å². The lowest BCUT2D eigenvalue weighted by Gasteiger charge is -2.17. The van der Waals surface area contributed by atoms with E-state index < -0.39 is 0 Å². The Morgan fingerprint density at radius 1 is 1.16 bits per heavy atom. The van der Waals surface area contributed by atoms with Crippen molar-refractivity contribution in [2.24, 2.45) is 5.92 Å². The second-order valence-corrected chi connectivity index (χ2v) is 6.35. The first-order chi connectivity index (χ1) is 9.24. The number of rotatable bonds is 2. The molecule has 104 valence electrons. The van der Waals surface area contributed by atoms with Gasteiger partial charge in [0.15, 0.2) is 0 Å². The molecule has 1 saturated heterocycles. The Hall–Kier alpha value is -0.860. The normalized spacial score (nSPS) is 31.2. The van der Waals surface area contributed by atoms with E-state index in [-0.39, 0.29) is 6.10 Å². The van der Waals surface area contributed by atoms with Crippen LogP contribution in [0.25, 0.3) is 0 Å². The predicted octanol–water partition coefficient (Wildman–Crippen LogP) is 3.64. The largest absolute Gasteiger partial charge is 0.372 e. The first-order valence-corrected chi connectivity index (χ1v) is 7.69. The van der Waals surface area contributed by atoms with Crippen LogP contribution in [0.2, 0.25) is 0 Å². The number of hydrogen-bond donors (Lipinski definition) is 1. The third kappa shape index (κ3) is 2.85. The van der Waals surface area contributed by atoms with Gasteiger partial charge in [-0.05, 0) is 35.8 Å². The van der Waals surface area contributed by atoms with Gasteiger partial charge in [-0.2, -0.15) is 0 Å². The van der Waals surface area contributed by atoms with Gasteiger partial charge in [-0.15, -0.1) is 0 Å². The number of benzene rings is 1. The monoisotopic (exact) mass is 259 g/mol. The lowest BCUT2D eigenvalue weighted by atomic mass is 10.00. The second kappa shape index (κ2) is 5.64. The topological polar surface area (TPSA) is 21.3 Å². The number of ether oxygens (including phenoxy) is 1. The summed E-state index contributed by atoms with van der Waals surface area (Å²) >= 11 is 0. The first-order valence-electron chi connectivity index (χ1n) is 7.69. The standard InChI is InChI=1S/C17H25NO/c1-12(2)13-6-8-14(9-7-13)17-10-18-16-5-3-4-15(16)11-19-17/h6-9,12,15-18H,3-5,10-11H2,1-2H3. The molecule has 3 rings (SSSR count). The average Bonchev–Trinajstić information content (AvgIpc) is 2.78. The Bertz CT molecular complexity index is 398. The highest BCUT2D eigenvalue weighted by atomic mass is 16.5. The molecular weight excluding hydrogens is 234 g/mol. The maximum absolute atomic E-state index is 6.14. The molecule has 2 nitrogen and oxygen atoms in total. The van der Waals surface area contributed by atoms with Crippen LogP contribution in [0.15, 0.2) is 24.3 Å². The number of hydrogen-bond acceptors (Lipinski definition) is 2. The third-order valence-electron chi connectivity index (χ3n) is 4.71. The number of fused-ring (bicyclic) bond motifs is 1. The van der Waals surface area contributed by atoms with Crippen LogP contribution in [0.4, 0.5) is 0 Å². The summed E-state index contributed by atoms with van der Waals surface area (Å²) in [6.07, 6.45) is 4.25.